The van der Waals surface area contributed by atoms with Gasteiger partial charge in [0.05, 0.1) is 24.5 Å². The van der Waals surface area contributed by atoms with Crippen LogP contribution in [0, 0.1) is 6.92 Å². The van der Waals surface area contributed by atoms with E-state index in [0.29, 0.717) is 6.04 Å². The molecule has 0 unspecified atom stereocenters. The molecule has 1 aromatic rings. The molecule has 4 heteroatoms. The fraction of sp³-hybridized carbons (Fsp3) is 0.600. The minimum Gasteiger partial charge on any atom is -0.379 e. The highest BCUT2D eigenvalue weighted by Gasteiger charge is 2.13. The molecule has 0 spiro atoms. The third-order valence-corrected chi connectivity index (χ3v) is 2.27. The summed E-state index contributed by atoms with van der Waals surface area (Å²) in [7, 11) is 0. The van der Waals surface area contributed by atoms with E-state index in [1.165, 1.54) is 0 Å². The summed E-state index contributed by atoms with van der Waals surface area (Å²) >= 11 is 0. The number of ether oxygens (including phenoxy) is 1. The number of hydrogen-bond acceptors (Lipinski definition) is 4. The highest BCUT2D eigenvalue weighted by molar-refractivity contribution is 5.32. The van der Waals surface area contributed by atoms with Crippen LogP contribution in [0.15, 0.2) is 12.4 Å². The Kier molecular flexibility index (Phi) is 2.93. The predicted octanol–water partition coefficient (Wildman–Crippen LogP) is 1.38. The number of aromatic nitrogens is 2. The predicted molar refractivity (Wildman–Crippen MR) is 54.2 cm³/mol. The highest BCUT2D eigenvalue weighted by Crippen LogP contribution is 2.11. The summed E-state index contributed by atoms with van der Waals surface area (Å²) in [5, 5.41) is 3.32. The molecule has 1 N–H and O–H groups in total. The van der Waals surface area contributed by atoms with Gasteiger partial charge in [-0.15, -0.1) is 0 Å². The van der Waals surface area contributed by atoms with Gasteiger partial charge in [-0.05, 0) is 19.8 Å². The molecule has 1 aliphatic heterocycles. The van der Waals surface area contributed by atoms with Crippen molar-refractivity contribution in [3.8, 4) is 0 Å². The molecule has 2 rings (SSSR count). The lowest BCUT2D eigenvalue weighted by molar-refractivity contribution is 0.0875. The van der Waals surface area contributed by atoms with Crippen LogP contribution < -0.4 is 5.32 Å². The first-order valence-corrected chi connectivity index (χ1v) is 4.97. The Morgan fingerprint density at radius 3 is 3.14 bits per heavy atom. The molecule has 4 nitrogen and oxygen atoms in total. The third kappa shape index (κ3) is 2.42. The van der Waals surface area contributed by atoms with Crippen molar-refractivity contribution in [2.75, 3.05) is 18.5 Å². The van der Waals surface area contributed by atoms with Gasteiger partial charge in [0.15, 0.2) is 0 Å². The van der Waals surface area contributed by atoms with E-state index >= 15 is 0 Å². The van der Waals surface area contributed by atoms with Crippen molar-refractivity contribution in [3.05, 3.63) is 18.1 Å². The number of anilines is 1. The minimum absolute atomic E-state index is 0.389. The van der Waals surface area contributed by atoms with Gasteiger partial charge in [-0.1, -0.05) is 0 Å². The number of hydrogen-bond donors (Lipinski definition) is 1. The Hall–Kier alpha value is -1.16. The zero-order valence-corrected chi connectivity index (χ0v) is 8.36. The van der Waals surface area contributed by atoms with Crippen molar-refractivity contribution in [1.82, 2.24) is 9.97 Å². The van der Waals surface area contributed by atoms with E-state index in [2.05, 4.69) is 15.3 Å². The summed E-state index contributed by atoms with van der Waals surface area (Å²) in [6, 6.07) is 0.389. The van der Waals surface area contributed by atoms with E-state index < -0.39 is 0 Å². The first-order chi connectivity index (χ1) is 6.84. The van der Waals surface area contributed by atoms with E-state index in [9.17, 15) is 0 Å². The SMILES string of the molecule is Cc1cncc(N[C@H]2CCCOC2)n1. The second kappa shape index (κ2) is 4.37. The van der Waals surface area contributed by atoms with Crippen LogP contribution in [-0.2, 0) is 4.74 Å². The van der Waals surface area contributed by atoms with Crippen LogP contribution in [0.3, 0.4) is 0 Å². The van der Waals surface area contributed by atoms with Gasteiger partial charge in [-0.25, -0.2) is 4.98 Å². The Morgan fingerprint density at radius 2 is 2.43 bits per heavy atom. The third-order valence-electron chi connectivity index (χ3n) is 2.27. The van der Waals surface area contributed by atoms with Crippen LogP contribution in [0.25, 0.3) is 0 Å². The quantitative estimate of drug-likeness (QED) is 0.770. The maximum Gasteiger partial charge on any atom is 0.145 e. The van der Waals surface area contributed by atoms with Gasteiger partial charge >= 0.3 is 0 Å². The molecule has 76 valence electrons. The Morgan fingerprint density at radius 1 is 1.50 bits per heavy atom. The normalized spacial score (nSPS) is 21.9. The van der Waals surface area contributed by atoms with Gasteiger partial charge < -0.3 is 10.1 Å². The molecular weight excluding hydrogens is 178 g/mol. The van der Waals surface area contributed by atoms with Crippen LogP contribution in [0.4, 0.5) is 5.82 Å². The summed E-state index contributed by atoms with van der Waals surface area (Å²) < 4.78 is 5.37. The Labute approximate surface area is 83.7 Å². The van der Waals surface area contributed by atoms with Gasteiger partial charge in [-0.2, -0.15) is 0 Å². The Bertz CT molecular complexity index is 297. The van der Waals surface area contributed by atoms with Crippen LogP contribution >= 0.6 is 0 Å². The molecular formula is C10H15N3O. The van der Waals surface area contributed by atoms with Gasteiger partial charge in [0, 0.05) is 12.8 Å². The molecule has 0 amide bonds. The van der Waals surface area contributed by atoms with Gasteiger partial charge in [-0.3, -0.25) is 4.98 Å². The summed E-state index contributed by atoms with van der Waals surface area (Å²) in [4.78, 5) is 8.42. The number of nitrogens with one attached hydrogen (secondary N) is 1. The second-order valence-corrected chi connectivity index (χ2v) is 3.60. The van der Waals surface area contributed by atoms with Crippen molar-refractivity contribution in [2.24, 2.45) is 0 Å². The molecule has 1 aliphatic rings. The highest BCUT2D eigenvalue weighted by atomic mass is 16.5. The van der Waals surface area contributed by atoms with E-state index in [-0.39, 0.29) is 0 Å². The largest absolute Gasteiger partial charge is 0.379 e. The topological polar surface area (TPSA) is 47.0 Å². The number of rotatable bonds is 2. The van der Waals surface area contributed by atoms with Crippen molar-refractivity contribution in [3.63, 3.8) is 0 Å². The fourth-order valence-corrected chi connectivity index (χ4v) is 1.60. The summed E-state index contributed by atoms with van der Waals surface area (Å²) in [6.45, 7) is 3.60. The standard InChI is InChI=1S/C10H15N3O/c1-8-5-11-6-10(12-8)13-9-3-2-4-14-7-9/h5-6,9H,2-4,7H2,1H3,(H,12,13)/t9-/m0/s1. The van der Waals surface area contributed by atoms with E-state index in [0.717, 1.165) is 37.6 Å². The summed E-state index contributed by atoms with van der Waals surface area (Å²) in [6.07, 6.45) is 5.77. The summed E-state index contributed by atoms with van der Waals surface area (Å²) in [5.74, 6) is 0.848. The van der Waals surface area contributed by atoms with Crippen molar-refractivity contribution < 1.29 is 4.74 Å². The van der Waals surface area contributed by atoms with E-state index in [4.69, 9.17) is 4.74 Å². The fourth-order valence-electron chi connectivity index (χ4n) is 1.60. The van der Waals surface area contributed by atoms with Gasteiger partial charge in [0.2, 0.25) is 0 Å². The molecule has 1 aromatic heterocycles. The molecule has 2 heterocycles. The lowest BCUT2D eigenvalue weighted by Crippen LogP contribution is -2.30. The van der Waals surface area contributed by atoms with Gasteiger partial charge in [0.25, 0.3) is 0 Å². The van der Waals surface area contributed by atoms with Crippen molar-refractivity contribution in [2.45, 2.75) is 25.8 Å². The van der Waals surface area contributed by atoms with Crippen molar-refractivity contribution >= 4 is 5.82 Å². The zero-order chi connectivity index (χ0) is 9.80. The molecule has 0 saturated carbocycles. The molecule has 0 bridgehead atoms. The number of aryl methyl sites for hydroxylation is 1. The maximum absolute atomic E-state index is 5.37. The Balaban J connectivity index is 1.95. The first-order valence-electron chi connectivity index (χ1n) is 4.97. The van der Waals surface area contributed by atoms with E-state index in [1.807, 2.05) is 6.92 Å². The monoisotopic (exact) mass is 193 g/mol. The average molecular weight is 193 g/mol. The smallest absolute Gasteiger partial charge is 0.145 e. The van der Waals surface area contributed by atoms with Crippen LogP contribution in [0.2, 0.25) is 0 Å². The van der Waals surface area contributed by atoms with E-state index in [1.54, 1.807) is 12.4 Å². The van der Waals surface area contributed by atoms with Gasteiger partial charge in [0.1, 0.15) is 5.82 Å². The molecule has 1 saturated heterocycles. The van der Waals surface area contributed by atoms with Crippen LogP contribution in [-0.4, -0.2) is 29.2 Å². The molecule has 0 radical (unpaired) electrons. The van der Waals surface area contributed by atoms with Crippen LogP contribution in [0.5, 0.6) is 0 Å². The molecule has 0 aromatic carbocycles. The number of nitrogens with zero attached hydrogens (tertiary/aromatic N) is 2. The minimum atomic E-state index is 0.389. The second-order valence-electron chi connectivity index (χ2n) is 3.60. The zero-order valence-electron chi connectivity index (χ0n) is 8.36. The maximum atomic E-state index is 5.37. The van der Waals surface area contributed by atoms with Crippen molar-refractivity contribution in [1.29, 1.82) is 0 Å². The lowest BCUT2D eigenvalue weighted by Gasteiger charge is -2.23. The molecule has 14 heavy (non-hydrogen) atoms. The van der Waals surface area contributed by atoms with Crippen LogP contribution in [0.1, 0.15) is 18.5 Å². The first kappa shape index (κ1) is 9.40. The molecule has 0 aliphatic carbocycles. The lowest BCUT2D eigenvalue weighted by atomic mass is 10.1. The molecule has 1 fully saturated rings. The molecule has 1 atom stereocenters. The average Bonchev–Trinajstić information content (AvgIpc) is 2.19. The summed E-state index contributed by atoms with van der Waals surface area (Å²) in [5.41, 5.74) is 0.937.